The Hall–Kier alpha value is -3.40. The van der Waals surface area contributed by atoms with Crippen LogP contribution < -0.4 is 4.74 Å². The summed E-state index contributed by atoms with van der Waals surface area (Å²) in [5.41, 5.74) is 3.92. The van der Waals surface area contributed by atoms with Crippen LogP contribution in [0.5, 0.6) is 5.75 Å². The van der Waals surface area contributed by atoms with Gasteiger partial charge in [0.05, 0.1) is 23.2 Å². The molecule has 0 aliphatic heterocycles. The number of ether oxygens (including phenoxy) is 1. The van der Waals surface area contributed by atoms with E-state index < -0.39 is 0 Å². The van der Waals surface area contributed by atoms with Crippen molar-refractivity contribution in [2.45, 2.75) is 17.9 Å². The number of rotatable bonds is 9. The van der Waals surface area contributed by atoms with Gasteiger partial charge in [-0.3, -0.25) is 4.79 Å². The van der Waals surface area contributed by atoms with Crippen LogP contribution in [0.2, 0.25) is 0 Å². The molecule has 4 rings (SSSR count). The average molecular weight is 471 g/mol. The van der Waals surface area contributed by atoms with Crippen LogP contribution >= 0.6 is 23.1 Å². The number of Topliss-reactive ketones (excluding diaryl/α,β-unsaturated/α-hetero) is 1. The van der Waals surface area contributed by atoms with Crippen molar-refractivity contribution in [1.82, 2.24) is 4.98 Å². The van der Waals surface area contributed by atoms with Gasteiger partial charge in [0.25, 0.3) is 0 Å². The first-order valence-electron chi connectivity index (χ1n) is 10.5. The molecule has 2 aromatic heterocycles. The van der Waals surface area contributed by atoms with Gasteiger partial charge in [-0.1, -0.05) is 48.5 Å². The number of thioether (sulfide) groups is 1. The normalized spacial score (nSPS) is 10.5. The Morgan fingerprint density at radius 2 is 1.88 bits per heavy atom. The predicted molar refractivity (Wildman–Crippen MR) is 135 cm³/mol. The predicted octanol–water partition coefficient (Wildman–Crippen LogP) is 7.11. The van der Waals surface area contributed by atoms with Gasteiger partial charge in [0.2, 0.25) is 0 Å². The fourth-order valence-corrected chi connectivity index (χ4v) is 5.08. The van der Waals surface area contributed by atoms with Gasteiger partial charge in [-0.05, 0) is 47.4 Å². The Labute approximate surface area is 201 Å². The van der Waals surface area contributed by atoms with Crippen molar-refractivity contribution in [1.29, 1.82) is 5.26 Å². The van der Waals surface area contributed by atoms with Gasteiger partial charge >= 0.3 is 0 Å². The zero-order valence-electron chi connectivity index (χ0n) is 18.2. The number of methoxy groups -OCH3 is 1. The largest absolute Gasteiger partial charge is 0.497 e. The van der Waals surface area contributed by atoms with Gasteiger partial charge in [-0.25, -0.2) is 4.98 Å². The maximum absolute atomic E-state index is 12.4. The number of hydrogen-bond acceptors (Lipinski definition) is 6. The fraction of sp³-hybridized carbons (Fsp3) is 0.148. The van der Waals surface area contributed by atoms with Gasteiger partial charge in [0.15, 0.2) is 5.78 Å². The van der Waals surface area contributed by atoms with E-state index in [1.807, 2.05) is 78.2 Å². The molecule has 4 aromatic rings. The third-order valence-electron chi connectivity index (χ3n) is 5.16. The number of nitriles is 1. The number of carbonyl (C=O) groups is 1. The standard InChI is InChI=1S/C27H22N2O2S2/c1-31-21-13-11-19(12-14-21)22-17-24(26-10-6-15-32-26)29-27(23(22)18-28)33-16-5-9-25(30)20-7-3-2-4-8-20/h2-4,6-8,10-15,17H,5,9,16H2,1H3. The number of pyridine rings is 1. The molecule has 0 fully saturated rings. The van der Waals surface area contributed by atoms with Gasteiger partial charge in [-0.15, -0.1) is 23.1 Å². The number of nitrogens with zero attached hydrogens (tertiary/aromatic N) is 2. The molecule has 0 unspecified atom stereocenters. The quantitative estimate of drug-likeness (QED) is 0.148. The molecule has 33 heavy (non-hydrogen) atoms. The summed E-state index contributed by atoms with van der Waals surface area (Å²) in [6.45, 7) is 0. The van der Waals surface area contributed by atoms with Gasteiger partial charge < -0.3 is 4.74 Å². The minimum absolute atomic E-state index is 0.135. The van der Waals surface area contributed by atoms with Crippen molar-refractivity contribution in [3.05, 3.63) is 89.3 Å². The van der Waals surface area contributed by atoms with Crippen LogP contribution in [-0.4, -0.2) is 23.6 Å². The highest BCUT2D eigenvalue weighted by Crippen LogP contribution is 2.36. The molecule has 0 spiro atoms. The Bertz CT molecular complexity index is 1260. The number of benzene rings is 2. The van der Waals surface area contributed by atoms with E-state index in [0.717, 1.165) is 33.0 Å². The minimum atomic E-state index is 0.135. The number of thiophene rings is 1. The van der Waals surface area contributed by atoms with Crippen molar-refractivity contribution < 1.29 is 9.53 Å². The summed E-state index contributed by atoms with van der Waals surface area (Å²) in [4.78, 5) is 18.3. The van der Waals surface area contributed by atoms with Crippen LogP contribution in [0.3, 0.4) is 0 Å². The van der Waals surface area contributed by atoms with Crippen LogP contribution in [-0.2, 0) is 0 Å². The highest BCUT2D eigenvalue weighted by atomic mass is 32.2. The van der Waals surface area contributed by atoms with E-state index in [4.69, 9.17) is 9.72 Å². The van der Waals surface area contributed by atoms with E-state index >= 15 is 0 Å². The van der Waals surface area contributed by atoms with Crippen molar-refractivity contribution >= 4 is 28.9 Å². The van der Waals surface area contributed by atoms with E-state index in [9.17, 15) is 10.1 Å². The molecule has 0 saturated heterocycles. The van der Waals surface area contributed by atoms with Crippen LogP contribution in [0.1, 0.15) is 28.8 Å². The van der Waals surface area contributed by atoms with E-state index in [2.05, 4.69) is 6.07 Å². The molecule has 0 aliphatic rings. The highest BCUT2D eigenvalue weighted by molar-refractivity contribution is 7.99. The third-order valence-corrected chi connectivity index (χ3v) is 7.11. The summed E-state index contributed by atoms with van der Waals surface area (Å²) < 4.78 is 5.28. The van der Waals surface area contributed by atoms with Gasteiger partial charge in [0, 0.05) is 17.5 Å². The topological polar surface area (TPSA) is 63.0 Å². The maximum Gasteiger partial charge on any atom is 0.162 e. The Balaban J connectivity index is 1.58. The first-order valence-corrected chi connectivity index (χ1v) is 12.4. The number of carbonyl (C=O) groups excluding carboxylic acids is 1. The van der Waals surface area contributed by atoms with Crippen LogP contribution in [0.25, 0.3) is 21.7 Å². The lowest BCUT2D eigenvalue weighted by molar-refractivity contribution is 0.0982. The van der Waals surface area contributed by atoms with Gasteiger partial charge in [0.1, 0.15) is 16.8 Å². The molecule has 0 saturated carbocycles. The minimum Gasteiger partial charge on any atom is -0.497 e. The summed E-state index contributed by atoms with van der Waals surface area (Å²) >= 11 is 3.15. The van der Waals surface area contributed by atoms with E-state index in [0.29, 0.717) is 29.2 Å². The molecule has 0 N–H and O–H groups in total. The number of ketones is 1. The molecule has 0 atom stereocenters. The van der Waals surface area contributed by atoms with Crippen molar-refractivity contribution in [3.63, 3.8) is 0 Å². The Morgan fingerprint density at radius 1 is 1.09 bits per heavy atom. The van der Waals surface area contributed by atoms with Crippen molar-refractivity contribution in [3.8, 4) is 33.5 Å². The average Bonchev–Trinajstić information content (AvgIpc) is 3.42. The first-order chi connectivity index (χ1) is 16.2. The zero-order valence-corrected chi connectivity index (χ0v) is 19.8. The smallest absolute Gasteiger partial charge is 0.162 e. The summed E-state index contributed by atoms with van der Waals surface area (Å²) in [5, 5.41) is 12.7. The molecule has 2 heterocycles. The van der Waals surface area contributed by atoms with Crippen LogP contribution in [0.4, 0.5) is 0 Å². The summed E-state index contributed by atoms with van der Waals surface area (Å²) in [6.07, 6.45) is 1.18. The van der Waals surface area contributed by atoms with E-state index in [1.165, 1.54) is 11.8 Å². The Kier molecular flexibility index (Phi) is 7.56. The molecule has 0 amide bonds. The molecule has 164 valence electrons. The number of aromatic nitrogens is 1. The second-order valence-electron chi connectivity index (χ2n) is 7.29. The second-order valence-corrected chi connectivity index (χ2v) is 9.33. The molecule has 0 aliphatic carbocycles. The lowest BCUT2D eigenvalue weighted by Crippen LogP contribution is -2.00. The van der Waals surface area contributed by atoms with Crippen molar-refractivity contribution in [2.24, 2.45) is 0 Å². The van der Waals surface area contributed by atoms with Crippen LogP contribution in [0, 0.1) is 11.3 Å². The van der Waals surface area contributed by atoms with Crippen molar-refractivity contribution in [2.75, 3.05) is 12.9 Å². The molecular weight excluding hydrogens is 448 g/mol. The summed E-state index contributed by atoms with van der Waals surface area (Å²) in [7, 11) is 1.63. The molecular formula is C27H22N2O2S2. The fourth-order valence-electron chi connectivity index (χ4n) is 3.45. The zero-order chi connectivity index (χ0) is 23.0. The lowest BCUT2D eigenvalue weighted by Gasteiger charge is -2.12. The van der Waals surface area contributed by atoms with E-state index in [-0.39, 0.29) is 5.78 Å². The Morgan fingerprint density at radius 3 is 2.55 bits per heavy atom. The molecule has 0 bridgehead atoms. The SMILES string of the molecule is COc1ccc(-c2cc(-c3cccs3)nc(SCCCC(=O)c3ccccc3)c2C#N)cc1. The highest BCUT2D eigenvalue weighted by Gasteiger charge is 2.17. The van der Waals surface area contributed by atoms with Gasteiger partial charge in [-0.2, -0.15) is 5.26 Å². The van der Waals surface area contributed by atoms with Crippen LogP contribution in [0.15, 0.2) is 83.2 Å². The summed E-state index contributed by atoms with van der Waals surface area (Å²) in [5.74, 6) is 1.61. The first kappa shape index (κ1) is 22.8. The molecule has 0 radical (unpaired) electrons. The second kappa shape index (κ2) is 11.0. The monoisotopic (exact) mass is 470 g/mol. The number of hydrogen-bond donors (Lipinski definition) is 0. The molecule has 2 aromatic carbocycles. The lowest BCUT2D eigenvalue weighted by atomic mass is 10.0. The summed E-state index contributed by atoms with van der Waals surface area (Å²) in [6, 6.07) is 25.4. The van der Waals surface area contributed by atoms with E-state index in [1.54, 1.807) is 18.4 Å². The third kappa shape index (κ3) is 5.51. The maximum atomic E-state index is 12.4. The molecule has 6 heteroatoms. The molecule has 4 nitrogen and oxygen atoms in total.